The van der Waals surface area contributed by atoms with Crippen molar-refractivity contribution in [2.24, 2.45) is 0 Å². The predicted molar refractivity (Wildman–Crippen MR) is 131 cm³/mol. The second kappa shape index (κ2) is 10.4. The first-order valence-electron chi connectivity index (χ1n) is 11.0. The van der Waals surface area contributed by atoms with Gasteiger partial charge >= 0.3 is 0 Å². The summed E-state index contributed by atoms with van der Waals surface area (Å²) in [6.07, 6.45) is 3.36. The largest absolute Gasteiger partial charge is 0.487 e. The van der Waals surface area contributed by atoms with E-state index in [4.69, 9.17) is 9.84 Å². The normalized spacial score (nSPS) is 16.9. The minimum absolute atomic E-state index is 0.136. The van der Waals surface area contributed by atoms with Gasteiger partial charge in [0, 0.05) is 19.2 Å². The van der Waals surface area contributed by atoms with E-state index in [9.17, 15) is 17.6 Å². The summed E-state index contributed by atoms with van der Waals surface area (Å²) in [4.78, 5) is 22.1. The molecule has 3 heterocycles. The van der Waals surface area contributed by atoms with Crippen molar-refractivity contribution in [2.75, 3.05) is 37.8 Å². The van der Waals surface area contributed by atoms with Gasteiger partial charge in [-0.3, -0.25) is 4.79 Å². The molecule has 35 heavy (non-hydrogen) atoms. The molecule has 0 aliphatic carbocycles. The monoisotopic (exact) mass is 523 g/mol. The number of nitrogens with one attached hydrogen (secondary N) is 2. The summed E-state index contributed by atoms with van der Waals surface area (Å²) in [6.45, 7) is 2.36. The van der Waals surface area contributed by atoms with Crippen LogP contribution in [0.3, 0.4) is 0 Å². The number of rotatable bonds is 8. The minimum Gasteiger partial charge on any atom is -0.487 e. The van der Waals surface area contributed by atoms with Gasteiger partial charge in [0.25, 0.3) is 5.91 Å². The van der Waals surface area contributed by atoms with Crippen LogP contribution in [0.15, 0.2) is 24.5 Å². The smallest absolute Gasteiger partial charge is 0.261 e. The first kappa shape index (κ1) is 25.2. The van der Waals surface area contributed by atoms with Crippen LogP contribution >= 0.6 is 11.3 Å². The molecule has 0 saturated carbocycles. The summed E-state index contributed by atoms with van der Waals surface area (Å²) in [5.74, 6) is -0.165. The molecule has 3 N–H and O–H groups in total. The van der Waals surface area contributed by atoms with E-state index >= 15 is 0 Å². The molecule has 1 unspecified atom stereocenters. The van der Waals surface area contributed by atoms with Crippen LogP contribution < -0.4 is 15.4 Å². The minimum atomic E-state index is -3.36. The van der Waals surface area contributed by atoms with Crippen molar-refractivity contribution in [2.45, 2.75) is 25.9 Å². The molecule has 1 fully saturated rings. The van der Waals surface area contributed by atoms with Gasteiger partial charge in [-0.25, -0.2) is 22.8 Å². The van der Waals surface area contributed by atoms with Gasteiger partial charge in [0.15, 0.2) is 0 Å². The third-order valence-electron chi connectivity index (χ3n) is 5.63. The van der Waals surface area contributed by atoms with Crippen molar-refractivity contribution in [1.82, 2.24) is 19.6 Å². The number of aliphatic hydroxyl groups is 1. The highest BCUT2D eigenvalue weighted by Gasteiger charge is 2.28. The molecule has 188 valence electrons. The van der Waals surface area contributed by atoms with Crippen molar-refractivity contribution >= 4 is 49.0 Å². The fourth-order valence-corrected chi connectivity index (χ4v) is 5.90. The number of carbonyl (C=O) groups excluding carboxylic acids is 1. The Labute approximate surface area is 206 Å². The van der Waals surface area contributed by atoms with Gasteiger partial charge in [-0.15, -0.1) is 11.3 Å². The van der Waals surface area contributed by atoms with E-state index in [-0.39, 0.29) is 31.4 Å². The molecule has 0 bridgehead atoms. The SMILES string of the molecule is Cc1c(C(=O)NCCO)sc2ncnc(Nc3ccc(F)cc3OC3CCCN(S(C)(=O)=O)C3)c12. The zero-order chi connectivity index (χ0) is 25.2. The van der Waals surface area contributed by atoms with Gasteiger partial charge in [0.05, 0.1) is 35.4 Å². The molecule has 1 aliphatic rings. The molecule has 1 amide bonds. The zero-order valence-electron chi connectivity index (χ0n) is 19.2. The third kappa shape index (κ3) is 5.69. The lowest BCUT2D eigenvalue weighted by molar-refractivity contribution is 0.0948. The number of aromatic nitrogens is 2. The Kier molecular flexibility index (Phi) is 7.50. The van der Waals surface area contributed by atoms with E-state index in [1.165, 1.54) is 40.2 Å². The summed E-state index contributed by atoms with van der Waals surface area (Å²) in [6, 6.07) is 4.05. The molecular formula is C22H26FN5O5S2. The number of aryl methyl sites for hydroxylation is 1. The Morgan fingerprint density at radius 3 is 2.91 bits per heavy atom. The molecule has 3 aromatic rings. The van der Waals surface area contributed by atoms with E-state index in [0.29, 0.717) is 51.5 Å². The van der Waals surface area contributed by atoms with Crippen LogP contribution in [0.5, 0.6) is 5.75 Å². The van der Waals surface area contributed by atoms with Gasteiger partial charge in [-0.05, 0) is 37.5 Å². The number of ether oxygens (including phenoxy) is 1. The number of nitrogens with zero attached hydrogens (tertiary/aromatic N) is 3. The van der Waals surface area contributed by atoms with E-state index < -0.39 is 21.9 Å². The number of aliphatic hydroxyl groups excluding tert-OH is 1. The molecule has 2 aromatic heterocycles. The molecule has 1 saturated heterocycles. The van der Waals surface area contributed by atoms with E-state index in [2.05, 4.69) is 20.6 Å². The quantitative estimate of drug-likeness (QED) is 0.410. The number of amides is 1. The fraction of sp³-hybridized carbons (Fsp3) is 0.409. The molecule has 1 aliphatic heterocycles. The van der Waals surface area contributed by atoms with Crippen LogP contribution in [0, 0.1) is 12.7 Å². The number of fused-ring (bicyclic) bond motifs is 1. The number of thiophene rings is 1. The van der Waals surface area contributed by atoms with Crippen molar-refractivity contribution < 1.29 is 27.4 Å². The number of halogens is 1. The average Bonchev–Trinajstić information content (AvgIpc) is 3.16. The molecule has 1 aromatic carbocycles. The van der Waals surface area contributed by atoms with Crippen LogP contribution in [0.25, 0.3) is 10.2 Å². The standard InChI is InChI=1S/C22H26FN5O5S2/c1-13-18-20(25-12-26-22(18)34-19(13)21(30)24-7-9-29)27-16-6-5-14(23)10-17(16)33-15-4-3-8-28(11-15)35(2,31)32/h5-6,10,12,15,29H,3-4,7-9,11H2,1-2H3,(H,24,30)(H,25,26,27). The maximum atomic E-state index is 14.1. The molecule has 13 heteroatoms. The van der Waals surface area contributed by atoms with Crippen LogP contribution in [0.1, 0.15) is 28.1 Å². The first-order valence-corrected chi connectivity index (χ1v) is 13.7. The van der Waals surface area contributed by atoms with E-state index in [0.717, 1.165) is 6.26 Å². The van der Waals surface area contributed by atoms with Crippen LogP contribution in [0.4, 0.5) is 15.9 Å². The Morgan fingerprint density at radius 2 is 2.17 bits per heavy atom. The predicted octanol–water partition coefficient (Wildman–Crippen LogP) is 2.41. The summed E-state index contributed by atoms with van der Waals surface area (Å²) < 4.78 is 45.4. The summed E-state index contributed by atoms with van der Waals surface area (Å²) in [7, 11) is -3.36. The average molecular weight is 524 g/mol. The number of hydrogen-bond acceptors (Lipinski definition) is 9. The second-order valence-electron chi connectivity index (χ2n) is 8.21. The van der Waals surface area contributed by atoms with Gasteiger partial charge in [0.2, 0.25) is 10.0 Å². The highest BCUT2D eigenvalue weighted by atomic mass is 32.2. The number of carbonyl (C=O) groups is 1. The van der Waals surface area contributed by atoms with Gasteiger partial charge in [-0.1, -0.05) is 0 Å². The van der Waals surface area contributed by atoms with Crippen molar-refractivity contribution in [3.8, 4) is 5.75 Å². The highest BCUT2D eigenvalue weighted by Crippen LogP contribution is 2.37. The Hall–Kier alpha value is -2.87. The van der Waals surface area contributed by atoms with Gasteiger partial charge < -0.3 is 20.5 Å². The van der Waals surface area contributed by atoms with Gasteiger partial charge in [0.1, 0.15) is 34.6 Å². The molecule has 1 atom stereocenters. The number of hydrogen-bond donors (Lipinski definition) is 3. The molecule has 0 spiro atoms. The summed E-state index contributed by atoms with van der Waals surface area (Å²) in [5.41, 5.74) is 1.11. The Bertz CT molecular complexity index is 1350. The Morgan fingerprint density at radius 1 is 1.37 bits per heavy atom. The topological polar surface area (TPSA) is 134 Å². The lowest BCUT2D eigenvalue weighted by atomic mass is 10.1. The zero-order valence-corrected chi connectivity index (χ0v) is 20.9. The summed E-state index contributed by atoms with van der Waals surface area (Å²) in [5, 5.41) is 15.4. The van der Waals surface area contributed by atoms with E-state index in [1.54, 1.807) is 6.92 Å². The van der Waals surface area contributed by atoms with Crippen molar-refractivity contribution in [3.63, 3.8) is 0 Å². The van der Waals surface area contributed by atoms with Crippen molar-refractivity contribution in [1.29, 1.82) is 0 Å². The number of piperidine rings is 1. The maximum absolute atomic E-state index is 14.1. The van der Waals surface area contributed by atoms with Gasteiger partial charge in [-0.2, -0.15) is 4.31 Å². The lowest BCUT2D eigenvalue weighted by Gasteiger charge is -2.31. The Balaban J connectivity index is 1.63. The van der Waals surface area contributed by atoms with Crippen LogP contribution in [-0.4, -0.2) is 72.3 Å². The number of sulfonamides is 1. The van der Waals surface area contributed by atoms with Crippen LogP contribution in [0.2, 0.25) is 0 Å². The molecule has 0 radical (unpaired) electrons. The highest BCUT2D eigenvalue weighted by molar-refractivity contribution is 7.88. The second-order valence-corrected chi connectivity index (χ2v) is 11.2. The van der Waals surface area contributed by atoms with Crippen molar-refractivity contribution in [3.05, 3.63) is 40.8 Å². The lowest BCUT2D eigenvalue weighted by Crippen LogP contribution is -2.43. The fourth-order valence-electron chi connectivity index (χ4n) is 3.94. The number of anilines is 2. The molecule has 4 rings (SSSR count). The summed E-state index contributed by atoms with van der Waals surface area (Å²) >= 11 is 1.21. The van der Waals surface area contributed by atoms with Crippen LogP contribution in [-0.2, 0) is 10.0 Å². The number of benzene rings is 1. The molecular weight excluding hydrogens is 497 g/mol. The first-order chi connectivity index (χ1) is 16.7. The van der Waals surface area contributed by atoms with E-state index in [1.807, 2.05) is 0 Å². The molecule has 10 nitrogen and oxygen atoms in total. The maximum Gasteiger partial charge on any atom is 0.261 e. The third-order valence-corrected chi connectivity index (χ3v) is 8.10.